The number of allylic oxidation sites excluding steroid dienone is 1. The molecule has 0 saturated carbocycles. The number of rotatable bonds is 6. The van der Waals surface area contributed by atoms with Gasteiger partial charge in [0.25, 0.3) is 0 Å². The first-order valence-corrected chi connectivity index (χ1v) is 12.3. The highest BCUT2D eigenvalue weighted by Gasteiger charge is 2.44. The highest BCUT2D eigenvalue weighted by Crippen LogP contribution is 2.40. The van der Waals surface area contributed by atoms with Crippen molar-refractivity contribution in [2.24, 2.45) is 5.92 Å². The van der Waals surface area contributed by atoms with Gasteiger partial charge < -0.3 is 15.4 Å². The Morgan fingerprint density at radius 2 is 2.00 bits per heavy atom. The van der Waals surface area contributed by atoms with Crippen molar-refractivity contribution in [3.63, 3.8) is 0 Å². The van der Waals surface area contributed by atoms with Crippen molar-refractivity contribution < 1.29 is 19.1 Å². The molecule has 2 aromatic rings. The minimum atomic E-state index is -1.22. The number of esters is 1. The summed E-state index contributed by atoms with van der Waals surface area (Å²) in [5.74, 6) is -3.75. The first-order valence-electron chi connectivity index (χ1n) is 9.72. The number of aryl methyl sites for hydroxylation is 1. The smallest absolute Gasteiger partial charge is 0.319 e. The highest BCUT2D eigenvalue weighted by atomic mass is 79.9. The second-order valence-electron chi connectivity index (χ2n) is 7.20. The molecular formula is C23H19Br2N3O4S. The van der Waals surface area contributed by atoms with Crippen LogP contribution in [0.15, 0.2) is 62.0 Å². The zero-order valence-electron chi connectivity index (χ0n) is 17.6. The maximum absolute atomic E-state index is 12.9. The first-order chi connectivity index (χ1) is 15.7. The number of thioether (sulfide) groups is 1. The normalized spacial score (nSPS) is 17.7. The topological polar surface area (TPSA) is 108 Å². The summed E-state index contributed by atoms with van der Waals surface area (Å²) >= 11 is 7.84. The molecular weight excluding hydrogens is 574 g/mol. The number of nitrogens with zero attached hydrogens (tertiary/aromatic N) is 1. The molecule has 0 bridgehead atoms. The second-order valence-corrected chi connectivity index (χ2v) is 9.95. The molecule has 0 radical (unpaired) electrons. The van der Waals surface area contributed by atoms with Crippen LogP contribution < -0.4 is 10.6 Å². The lowest BCUT2D eigenvalue weighted by Crippen LogP contribution is -2.44. The number of hydrogen-bond acceptors (Lipinski definition) is 6. The Labute approximate surface area is 212 Å². The Balaban J connectivity index is 1.89. The Morgan fingerprint density at radius 3 is 2.64 bits per heavy atom. The van der Waals surface area contributed by atoms with Gasteiger partial charge in [0.05, 0.1) is 35.2 Å². The van der Waals surface area contributed by atoms with Gasteiger partial charge >= 0.3 is 5.97 Å². The summed E-state index contributed by atoms with van der Waals surface area (Å²) in [7, 11) is 1.20. The van der Waals surface area contributed by atoms with Gasteiger partial charge in [0.15, 0.2) is 0 Å². The molecule has 2 N–H and O–H groups in total. The summed E-state index contributed by atoms with van der Waals surface area (Å²) in [5, 5.41) is 15.6. The Hall–Kier alpha value is -2.61. The van der Waals surface area contributed by atoms with E-state index in [0.29, 0.717) is 11.3 Å². The number of hydrogen-bond donors (Lipinski definition) is 2. The van der Waals surface area contributed by atoms with Gasteiger partial charge in [-0.15, -0.1) is 0 Å². The molecule has 0 fully saturated rings. The molecule has 0 aliphatic carbocycles. The van der Waals surface area contributed by atoms with E-state index in [4.69, 9.17) is 4.74 Å². The van der Waals surface area contributed by atoms with Crippen LogP contribution in [-0.4, -0.2) is 30.6 Å². The van der Waals surface area contributed by atoms with E-state index in [2.05, 4.69) is 48.6 Å². The molecule has 2 amide bonds. The number of ether oxygens (including phenoxy) is 1. The monoisotopic (exact) mass is 591 g/mol. The molecule has 2 atom stereocenters. The van der Waals surface area contributed by atoms with E-state index in [1.165, 1.54) is 7.11 Å². The number of halogens is 2. The molecule has 3 rings (SSSR count). The van der Waals surface area contributed by atoms with Gasteiger partial charge in [0.1, 0.15) is 5.92 Å². The number of methoxy groups -OCH3 is 1. The fourth-order valence-electron chi connectivity index (χ4n) is 3.43. The van der Waals surface area contributed by atoms with Crippen LogP contribution in [-0.2, 0) is 19.1 Å². The third kappa shape index (κ3) is 5.85. The predicted molar refractivity (Wildman–Crippen MR) is 133 cm³/mol. The van der Waals surface area contributed by atoms with Crippen LogP contribution >= 0.6 is 43.6 Å². The number of nitrogens with one attached hydrogen (secondary N) is 2. The summed E-state index contributed by atoms with van der Waals surface area (Å²) in [6.45, 7) is 1.94. The van der Waals surface area contributed by atoms with Crippen molar-refractivity contribution in [3.05, 3.63) is 73.1 Å². The minimum Gasteiger partial charge on any atom is -0.468 e. The van der Waals surface area contributed by atoms with E-state index in [9.17, 15) is 19.6 Å². The number of carbonyl (C=O) groups excluding carboxylic acids is 3. The van der Waals surface area contributed by atoms with Crippen molar-refractivity contribution in [2.45, 2.75) is 12.8 Å². The van der Waals surface area contributed by atoms with Gasteiger partial charge in [0, 0.05) is 14.9 Å². The lowest BCUT2D eigenvalue weighted by molar-refractivity contribution is -0.150. The predicted octanol–water partition coefficient (Wildman–Crippen LogP) is 4.63. The third-order valence-corrected chi connectivity index (χ3v) is 7.10. The van der Waals surface area contributed by atoms with Crippen LogP contribution in [0.5, 0.6) is 0 Å². The molecule has 170 valence electrons. The molecule has 1 aliphatic rings. The Bertz CT molecular complexity index is 1190. The van der Waals surface area contributed by atoms with E-state index in [1.54, 1.807) is 30.3 Å². The summed E-state index contributed by atoms with van der Waals surface area (Å²) in [5.41, 5.74) is 2.46. The third-order valence-electron chi connectivity index (χ3n) is 4.94. The van der Waals surface area contributed by atoms with Gasteiger partial charge in [-0.05, 0) is 58.2 Å². The number of anilines is 1. The van der Waals surface area contributed by atoms with Crippen LogP contribution in [0.2, 0.25) is 0 Å². The van der Waals surface area contributed by atoms with E-state index in [1.807, 2.05) is 19.1 Å². The molecule has 1 heterocycles. The van der Waals surface area contributed by atoms with Gasteiger partial charge in [0.2, 0.25) is 11.8 Å². The maximum atomic E-state index is 12.9. The Kier molecular flexibility index (Phi) is 8.35. The zero-order valence-corrected chi connectivity index (χ0v) is 21.6. The van der Waals surface area contributed by atoms with Gasteiger partial charge in [-0.2, -0.15) is 5.26 Å². The fourth-order valence-corrected chi connectivity index (χ4v) is 5.28. The molecule has 0 aromatic heterocycles. The van der Waals surface area contributed by atoms with Crippen LogP contribution in [0.4, 0.5) is 5.69 Å². The second kappa shape index (κ2) is 11.0. The zero-order chi connectivity index (χ0) is 24.1. The average Bonchev–Trinajstić information content (AvgIpc) is 2.78. The van der Waals surface area contributed by atoms with Crippen molar-refractivity contribution in [1.82, 2.24) is 5.32 Å². The first kappa shape index (κ1) is 25.0. The summed E-state index contributed by atoms with van der Waals surface area (Å²) < 4.78 is 6.32. The lowest BCUT2D eigenvalue weighted by Gasteiger charge is -2.31. The van der Waals surface area contributed by atoms with Crippen molar-refractivity contribution in [3.8, 4) is 6.07 Å². The van der Waals surface area contributed by atoms with Crippen molar-refractivity contribution in [2.75, 3.05) is 18.2 Å². The van der Waals surface area contributed by atoms with E-state index >= 15 is 0 Å². The van der Waals surface area contributed by atoms with Gasteiger partial charge in [-0.25, -0.2) is 0 Å². The summed E-state index contributed by atoms with van der Waals surface area (Å²) in [6, 6.07) is 14.7. The Morgan fingerprint density at radius 1 is 1.24 bits per heavy atom. The van der Waals surface area contributed by atoms with Crippen molar-refractivity contribution >= 4 is 67.1 Å². The molecule has 0 saturated heterocycles. The lowest BCUT2D eigenvalue weighted by atomic mass is 9.78. The van der Waals surface area contributed by atoms with Crippen LogP contribution in [0.3, 0.4) is 0 Å². The minimum absolute atomic E-state index is 0.0464. The largest absolute Gasteiger partial charge is 0.468 e. The number of nitriles is 1. The van der Waals surface area contributed by atoms with Crippen molar-refractivity contribution in [1.29, 1.82) is 5.26 Å². The highest BCUT2D eigenvalue weighted by molar-refractivity contribution is 9.10. The average molecular weight is 593 g/mol. The summed E-state index contributed by atoms with van der Waals surface area (Å²) in [4.78, 5) is 37.8. The van der Waals surface area contributed by atoms with Crippen LogP contribution in [0.1, 0.15) is 17.0 Å². The van der Waals surface area contributed by atoms with Crippen LogP contribution in [0.25, 0.3) is 0 Å². The van der Waals surface area contributed by atoms with E-state index in [0.717, 1.165) is 26.3 Å². The van der Waals surface area contributed by atoms with E-state index in [-0.39, 0.29) is 22.3 Å². The molecule has 2 aromatic carbocycles. The SMILES string of the molecule is COC(=O)[C@H]1C(=O)NC(SCC(=O)Nc2ccc(C)cc2Br)=C(C#N)[C@@H]1c1cccc(Br)c1. The quantitative estimate of drug-likeness (QED) is 0.374. The van der Waals surface area contributed by atoms with Gasteiger partial charge in [-0.1, -0.05) is 45.9 Å². The van der Waals surface area contributed by atoms with E-state index < -0.39 is 23.7 Å². The molecule has 33 heavy (non-hydrogen) atoms. The number of benzene rings is 2. The maximum Gasteiger partial charge on any atom is 0.319 e. The molecule has 7 nitrogen and oxygen atoms in total. The molecule has 10 heteroatoms. The number of carbonyl (C=O) groups is 3. The summed E-state index contributed by atoms with van der Waals surface area (Å²) in [6.07, 6.45) is 0. The molecule has 0 spiro atoms. The fraction of sp³-hybridized carbons (Fsp3) is 0.217. The number of amides is 2. The molecule has 0 unspecified atom stereocenters. The molecule has 1 aliphatic heterocycles. The van der Waals surface area contributed by atoms with Crippen LogP contribution in [0, 0.1) is 24.2 Å². The standard InChI is InChI=1S/C23H19Br2N3O4S/c1-12-6-7-17(16(25)8-12)27-18(29)11-33-22-15(10-26)19(13-4-3-5-14(24)9-13)20(21(30)28-22)23(31)32-2/h3-9,19-20H,11H2,1-2H3,(H,27,29)(H,28,30)/t19-,20+/m0/s1. The van der Waals surface area contributed by atoms with Gasteiger partial charge in [-0.3, -0.25) is 14.4 Å².